The highest BCUT2D eigenvalue weighted by Gasteiger charge is 2.13. The van der Waals surface area contributed by atoms with Crippen molar-refractivity contribution in [1.29, 1.82) is 0 Å². The van der Waals surface area contributed by atoms with Gasteiger partial charge in [0.2, 0.25) is 0 Å². The monoisotopic (exact) mass is 292 g/mol. The zero-order chi connectivity index (χ0) is 15.1. The first-order valence-corrected chi connectivity index (χ1v) is 7.85. The van der Waals surface area contributed by atoms with Crippen LogP contribution in [-0.4, -0.2) is 67.2 Å². The van der Waals surface area contributed by atoms with Crippen LogP contribution in [-0.2, 0) is 6.54 Å². The van der Waals surface area contributed by atoms with Crippen molar-refractivity contribution in [2.24, 2.45) is 0 Å². The molecule has 0 saturated carbocycles. The molecule has 118 valence electrons. The molecule has 21 heavy (non-hydrogen) atoms. The largest absolute Gasteiger partial charge is 0.491 e. The summed E-state index contributed by atoms with van der Waals surface area (Å²) in [5.41, 5.74) is 1.05. The molecule has 1 N–H and O–H groups in total. The lowest BCUT2D eigenvalue weighted by Crippen LogP contribution is -2.45. The van der Waals surface area contributed by atoms with Crippen LogP contribution in [0.2, 0.25) is 0 Å². The third kappa shape index (κ3) is 5.99. The van der Waals surface area contributed by atoms with Crippen LogP contribution in [0.4, 0.5) is 0 Å². The Labute approximate surface area is 128 Å². The Morgan fingerprint density at radius 2 is 2.00 bits per heavy atom. The van der Waals surface area contributed by atoms with Crippen LogP contribution < -0.4 is 10.1 Å². The first-order valence-electron chi connectivity index (χ1n) is 7.85. The molecule has 1 aliphatic rings. The SMILES string of the molecule is CC(C)NCc1ccc(OCCN2CCN(C)CC2)cn1. The lowest BCUT2D eigenvalue weighted by Gasteiger charge is -2.32. The van der Waals surface area contributed by atoms with Crippen molar-refractivity contribution in [2.75, 3.05) is 46.4 Å². The first kappa shape index (κ1) is 16.2. The summed E-state index contributed by atoms with van der Waals surface area (Å²) in [7, 11) is 2.18. The van der Waals surface area contributed by atoms with Crippen LogP contribution >= 0.6 is 0 Å². The molecule has 1 aromatic rings. The van der Waals surface area contributed by atoms with Gasteiger partial charge in [-0.3, -0.25) is 9.88 Å². The molecule has 1 saturated heterocycles. The van der Waals surface area contributed by atoms with Gasteiger partial charge < -0.3 is 15.0 Å². The molecular weight excluding hydrogens is 264 g/mol. The number of likely N-dealkylation sites (N-methyl/N-ethyl adjacent to an activating group) is 1. The number of hydrogen-bond donors (Lipinski definition) is 1. The topological polar surface area (TPSA) is 40.6 Å². The summed E-state index contributed by atoms with van der Waals surface area (Å²) in [6, 6.07) is 4.51. The molecule has 0 atom stereocenters. The average Bonchev–Trinajstić information content (AvgIpc) is 2.48. The minimum atomic E-state index is 0.478. The summed E-state index contributed by atoms with van der Waals surface area (Å²) in [5, 5.41) is 3.36. The number of rotatable bonds is 7. The van der Waals surface area contributed by atoms with E-state index < -0.39 is 0 Å². The number of nitrogens with zero attached hydrogens (tertiary/aromatic N) is 3. The van der Waals surface area contributed by atoms with Crippen LogP contribution in [0.1, 0.15) is 19.5 Å². The highest BCUT2D eigenvalue weighted by Crippen LogP contribution is 2.09. The molecular formula is C16H28N4O. The number of ether oxygens (including phenoxy) is 1. The van der Waals surface area contributed by atoms with Crippen molar-refractivity contribution in [1.82, 2.24) is 20.1 Å². The second-order valence-electron chi connectivity index (χ2n) is 6.01. The van der Waals surface area contributed by atoms with Gasteiger partial charge in [-0.15, -0.1) is 0 Å². The van der Waals surface area contributed by atoms with E-state index in [2.05, 4.69) is 41.0 Å². The minimum absolute atomic E-state index is 0.478. The zero-order valence-electron chi connectivity index (χ0n) is 13.5. The highest BCUT2D eigenvalue weighted by atomic mass is 16.5. The first-order chi connectivity index (χ1) is 10.1. The second-order valence-corrected chi connectivity index (χ2v) is 6.01. The summed E-state index contributed by atoms with van der Waals surface area (Å²) in [4.78, 5) is 9.24. The van der Waals surface area contributed by atoms with E-state index in [1.165, 1.54) is 0 Å². The van der Waals surface area contributed by atoms with Gasteiger partial charge >= 0.3 is 0 Å². The predicted octanol–water partition coefficient (Wildman–Crippen LogP) is 1.21. The normalized spacial score (nSPS) is 17.3. The summed E-state index contributed by atoms with van der Waals surface area (Å²) in [6.07, 6.45) is 1.82. The van der Waals surface area contributed by atoms with Crippen molar-refractivity contribution in [2.45, 2.75) is 26.4 Å². The summed E-state index contributed by atoms with van der Waals surface area (Å²) >= 11 is 0. The predicted molar refractivity (Wildman–Crippen MR) is 85.6 cm³/mol. The fraction of sp³-hybridized carbons (Fsp3) is 0.688. The van der Waals surface area contributed by atoms with Crippen LogP contribution in [0.25, 0.3) is 0 Å². The standard InChI is InChI=1S/C16H28N4O/c1-14(2)17-12-15-4-5-16(13-18-15)21-11-10-20-8-6-19(3)7-9-20/h4-5,13-14,17H,6-12H2,1-3H3. The molecule has 1 aliphatic heterocycles. The molecule has 5 nitrogen and oxygen atoms in total. The maximum absolute atomic E-state index is 5.78. The molecule has 0 amide bonds. The van der Waals surface area contributed by atoms with Crippen LogP contribution in [0.3, 0.4) is 0 Å². The molecule has 0 aliphatic carbocycles. The Hall–Kier alpha value is -1.17. The zero-order valence-corrected chi connectivity index (χ0v) is 13.5. The fourth-order valence-electron chi connectivity index (χ4n) is 2.27. The van der Waals surface area contributed by atoms with Gasteiger partial charge in [0.1, 0.15) is 12.4 Å². The lowest BCUT2D eigenvalue weighted by atomic mass is 10.3. The Morgan fingerprint density at radius 3 is 2.62 bits per heavy atom. The summed E-state index contributed by atoms with van der Waals surface area (Å²) in [5.74, 6) is 0.859. The van der Waals surface area contributed by atoms with Crippen molar-refractivity contribution in [3.63, 3.8) is 0 Å². The highest BCUT2D eigenvalue weighted by molar-refractivity contribution is 5.19. The number of hydrogen-bond acceptors (Lipinski definition) is 5. The van der Waals surface area contributed by atoms with Crippen LogP contribution in [0.5, 0.6) is 5.75 Å². The van der Waals surface area contributed by atoms with E-state index in [1.54, 1.807) is 0 Å². The summed E-state index contributed by atoms with van der Waals surface area (Å²) < 4.78 is 5.78. The van der Waals surface area contributed by atoms with E-state index in [1.807, 2.05) is 18.3 Å². The summed E-state index contributed by atoms with van der Waals surface area (Å²) in [6.45, 7) is 11.4. The molecule has 1 fully saturated rings. The van der Waals surface area contributed by atoms with E-state index >= 15 is 0 Å². The van der Waals surface area contributed by atoms with Gasteiger partial charge in [0.05, 0.1) is 11.9 Å². The van der Waals surface area contributed by atoms with Gasteiger partial charge in [0, 0.05) is 45.3 Å². The number of piperazine rings is 1. The second kappa shape index (κ2) is 8.32. The Morgan fingerprint density at radius 1 is 1.24 bits per heavy atom. The fourth-order valence-corrected chi connectivity index (χ4v) is 2.27. The van der Waals surface area contributed by atoms with E-state index in [0.29, 0.717) is 6.04 Å². The van der Waals surface area contributed by atoms with Crippen LogP contribution in [0.15, 0.2) is 18.3 Å². The van der Waals surface area contributed by atoms with Crippen molar-refractivity contribution < 1.29 is 4.74 Å². The molecule has 0 spiro atoms. The van der Waals surface area contributed by atoms with Gasteiger partial charge in [-0.05, 0) is 19.2 Å². The lowest BCUT2D eigenvalue weighted by molar-refractivity contribution is 0.133. The molecule has 0 bridgehead atoms. The number of nitrogens with one attached hydrogen (secondary N) is 1. The third-order valence-electron chi connectivity index (χ3n) is 3.76. The third-order valence-corrected chi connectivity index (χ3v) is 3.76. The molecule has 2 rings (SSSR count). The van der Waals surface area contributed by atoms with Gasteiger partial charge in [0.15, 0.2) is 0 Å². The van der Waals surface area contributed by atoms with E-state index in [4.69, 9.17) is 4.74 Å². The minimum Gasteiger partial charge on any atom is -0.491 e. The molecule has 0 unspecified atom stereocenters. The van der Waals surface area contributed by atoms with Crippen molar-refractivity contribution in [3.8, 4) is 5.75 Å². The van der Waals surface area contributed by atoms with Crippen LogP contribution in [0, 0.1) is 0 Å². The van der Waals surface area contributed by atoms with E-state index in [-0.39, 0.29) is 0 Å². The maximum atomic E-state index is 5.78. The Kier molecular flexibility index (Phi) is 6.42. The molecule has 5 heteroatoms. The van der Waals surface area contributed by atoms with Gasteiger partial charge in [-0.1, -0.05) is 13.8 Å². The average molecular weight is 292 g/mol. The van der Waals surface area contributed by atoms with Gasteiger partial charge in [0.25, 0.3) is 0 Å². The van der Waals surface area contributed by atoms with Crippen molar-refractivity contribution in [3.05, 3.63) is 24.0 Å². The smallest absolute Gasteiger partial charge is 0.137 e. The van der Waals surface area contributed by atoms with E-state index in [9.17, 15) is 0 Å². The molecule has 0 aromatic carbocycles. The van der Waals surface area contributed by atoms with Crippen molar-refractivity contribution >= 4 is 0 Å². The van der Waals surface area contributed by atoms with Gasteiger partial charge in [-0.25, -0.2) is 0 Å². The Bertz CT molecular complexity index is 399. The van der Waals surface area contributed by atoms with E-state index in [0.717, 1.165) is 57.3 Å². The Balaban J connectivity index is 1.66. The molecule has 0 radical (unpaired) electrons. The number of pyridine rings is 1. The molecule has 2 heterocycles. The number of aromatic nitrogens is 1. The van der Waals surface area contributed by atoms with Gasteiger partial charge in [-0.2, -0.15) is 0 Å². The molecule has 1 aromatic heterocycles. The quantitative estimate of drug-likeness (QED) is 0.818. The maximum Gasteiger partial charge on any atom is 0.137 e.